The number of anilines is 1. The fourth-order valence-corrected chi connectivity index (χ4v) is 3.28. The third-order valence-electron chi connectivity index (χ3n) is 4.41. The van der Waals surface area contributed by atoms with E-state index in [2.05, 4.69) is 5.32 Å². The average Bonchev–Trinajstić information content (AvgIpc) is 2.73. The lowest BCUT2D eigenvalue weighted by atomic mass is 9.96. The molecule has 1 atom stereocenters. The number of allylic oxidation sites excluding steroid dienone is 1. The van der Waals surface area contributed by atoms with Crippen LogP contribution in [0.15, 0.2) is 36.4 Å². The molecule has 2 rings (SSSR count). The van der Waals surface area contributed by atoms with Gasteiger partial charge in [-0.25, -0.2) is 4.39 Å². The van der Waals surface area contributed by atoms with Crippen molar-refractivity contribution in [2.45, 2.75) is 18.3 Å². The monoisotopic (exact) mass is 545 g/mol. The summed E-state index contributed by atoms with van der Waals surface area (Å²) < 4.78 is 90.6. The van der Waals surface area contributed by atoms with E-state index >= 15 is 0 Å². The van der Waals surface area contributed by atoms with E-state index < -0.39 is 64.6 Å². The first-order valence-corrected chi connectivity index (χ1v) is 10.2. The quantitative estimate of drug-likeness (QED) is 0.244. The van der Waals surface area contributed by atoms with Gasteiger partial charge >= 0.3 is 12.4 Å². The Bertz CT molecular complexity index is 1110. The van der Waals surface area contributed by atoms with Crippen molar-refractivity contribution in [1.82, 2.24) is 10.6 Å². The highest BCUT2D eigenvalue weighted by atomic mass is 35.5. The zero-order chi connectivity index (χ0) is 26.6. The van der Waals surface area contributed by atoms with E-state index in [0.717, 1.165) is 30.4 Å². The number of carbonyl (C=O) groups is 2. The van der Waals surface area contributed by atoms with E-state index in [0.29, 0.717) is 0 Å². The highest BCUT2D eigenvalue weighted by molar-refractivity contribution is 6.35. The van der Waals surface area contributed by atoms with Crippen LogP contribution in [-0.4, -0.2) is 37.3 Å². The Morgan fingerprint density at radius 1 is 1.00 bits per heavy atom. The number of amides is 2. The Morgan fingerprint density at radius 3 is 2.11 bits per heavy atom. The van der Waals surface area contributed by atoms with Crippen LogP contribution in [-0.2, 0) is 4.79 Å². The molecule has 2 aromatic carbocycles. The second kappa shape index (κ2) is 11.2. The first kappa shape index (κ1) is 28.2. The lowest BCUT2D eigenvalue weighted by Crippen LogP contribution is -2.41. The second-order valence-electron chi connectivity index (χ2n) is 7.10. The summed E-state index contributed by atoms with van der Waals surface area (Å²) in [6.07, 6.45) is -7.57. The summed E-state index contributed by atoms with van der Waals surface area (Å²) in [5, 5.41) is 2.49. The summed E-state index contributed by atoms with van der Waals surface area (Å²) in [6, 6.07) is 5.19. The molecule has 0 saturated heterocycles. The predicted octanol–water partition coefficient (Wildman–Crippen LogP) is 5.48. The van der Waals surface area contributed by atoms with E-state index in [-0.39, 0.29) is 16.8 Å². The van der Waals surface area contributed by atoms with Crippen LogP contribution in [0.3, 0.4) is 0 Å². The van der Waals surface area contributed by atoms with Gasteiger partial charge in [-0.3, -0.25) is 9.59 Å². The fraction of sp³-hybridized carbons (Fsp3) is 0.238. The maximum atomic E-state index is 13.6. The molecular weight excluding hydrogens is 530 g/mol. The van der Waals surface area contributed by atoms with Crippen molar-refractivity contribution in [3.8, 4) is 0 Å². The molecule has 4 N–H and O–H groups in total. The van der Waals surface area contributed by atoms with Crippen LogP contribution in [0.2, 0.25) is 10.0 Å². The minimum atomic E-state index is -4.78. The Kier molecular flexibility index (Phi) is 9.01. The molecule has 0 spiro atoms. The zero-order valence-corrected chi connectivity index (χ0v) is 18.8. The molecule has 0 heterocycles. The van der Waals surface area contributed by atoms with Crippen molar-refractivity contribution in [1.29, 1.82) is 0 Å². The Hall–Kier alpha value is -2.99. The Morgan fingerprint density at radius 2 is 1.60 bits per heavy atom. The van der Waals surface area contributed by atoms with Crippen molar-refractivity contribution in [2.24, 2.45) is 0 Å². The summed E-state index contributed by atoms with van der Waals surface area (Å²) in [5.41, 5.74) is 5.19. The van der Waals surface area contributed by atoms with Crippen molar-refractivity contribution >= 4 is 46.8 Å². The minimum Gasteiger partial charge on any atom is -0.398 e. The smallest absolute Gasteiger partial charge is 0.398 e. The summed E-state index contributed by atoms with van der Waals surface area (Å²) in [5.74, 6) is -5.23. The highest BCUT2D eigenvalue weighted by Crippen LogP contribution is 2.39. The van der Waals surface area contributed by atoms with E-state index in [1.807, 2.05) is 0 Å². The number of nitrogens with one attached hydrogen (secondary N) is 2. The number of halogens is 9. The molecule has 2 aromatic rings. The maximum Gasteiger partial charge on any atom is 0.405 e. The second-order valence-corrected chi connectivity index (χ2v) is 7.91. The van der Waals surface area contributed by atoms with Gasteiger partial charge in [-0.15, -0.1) is 0 Å². The molecule has 5 nitrogen and oxygen atoms in total. The standard InChI is InChI=1S/C21H16Cl2F7N3O2/c22-14-6-11(7-15(23)18(14)24)13(21(28,29)30)4-2-10-1-3-12(16(31)5-10)19(35)32-8-17(34)33-9-20(25,26)27/h1-7,13H,8-9,31H2,(H,32,35)(H,33,34). The normalized spacial score (nSPS) is 13.1. The molecule has 2 amide bonds. The molecule has 0 aromatic heterocycles. The SMILES string of the molecule is Nc1cc(C=CC(c2cc(Cl)c(F)c(Cl)c2)C(F)(F)F)ccc1C(=O)NCC(=O)NCC(F)(F)F. The predicted molar refractivity (Wildman–Crippen MR) is 117 cm³/mol. The number of nitrogen functional groups attached to an aromatic ring is 1. The molecule has 0 aliphatic carbocycles. The van der Waals surface area contributed by atoms with Gasteiger partial charge in [0.1, 0.15) is 6.54 Å². The summed E-state index contributed by atoms with van der Waals surface area (Å²) in [6.45, 7) is -2.33. The summed E-state index contributed by atoms with van der Waals surface area (Å²) in [4.78, 5) is 23.5. The molecule has 190 valence electrons. The largest absolute Gasteiger partial charge is 0.405 e. The van der Waals surface area contributed by atoms with Gasteiger partial charge in [-0.2, -0.15) is 26.3 Å². The van der Waals surface area contributed by atoms with Gasteiger partial charge in [0, 0.05) is 5.69 Å². The Balaban J connectivity index is 2.15. The third kappa shape index (κ3) is 8.32. The number of carbonyl (C=O) groups excluding carboxylic acids is 2. The molecule has 0 aliphatic heterocycles. The van der Waals surface area contributed by atoms with E-state index in [1.54, 1.807) is 5.32 Å². The molecular formula is C21H16Cl2F7N3O2. The molecule has 0 bridgehead atoms. The van der Waals surface area contributed by atoms with Crippen LogP contribution >= 0.6 is 23.2 Å². The average molecular weight is 546 g/mol. The number of alkyl halides is 6. The lowest BCUT2D eigenvalue weighted by molar-refractivity contribution is -0.139. The molecule has 1 unspecified atom stereocenters. The van der Waals surface area contributed by atoms with Crippen molar-refractivity contribution in [3.05, 3.63) is 69.0 Å². The molecule has 0 fully saturated rings. The molecule has 0 aliphatic rings. The van der Waals surface area contributed by atoms with Crippen molar-refractivity contribution < 1.29 is 40.3 Å². The van der Waals surface area contributed by atoms with Gasteiger partial charge in [0.25, 0.3) is 5.91 Å². The van der Waals surface area contributed by atoms with E-state index in [9.17, 15) is 40.3 Å². The molecule has 35 heavy (non-hydrogen) atoms. The molecule has 0 saturated carbocycles. The van der Waals surface area contributed by atoms with Gasteiger partial charge in [-0.1, -0.05) is 41.4 Å². The van der Waals surface area contributed by atoms with Crippen molar-refractivity contribution in [3.63, 3.8) is 0 Å². The first-order chi connectivity index (χ1) is 16.1. The third-order valence-corrected chi connectivity index (χ3v) is 4.96. The van der Waals surface area contributed by atoms with Gasteiger partial charge in [-0.05, 0) is 35.4 Å². The van der Waals surface area contributed by atoms with Crippen LogP contribution in [0.25, 0.3) is 6.08 Å². The van der Waals surface area contributed by atoms with Gasteiger partial charge < -0.3 is 16.4 Å². The summed E-state index contributed by atoms with van der Waals surface area (Å²) >= 11 is 11.2. The van der Waals surface area contributed by atoms with Crippen LogP contribution in [0.4, 0.5) is 36.4 Å². The maximum absolute atomic E-state index is 13.6. The zero-order valence-electron chi connectivity index (χ0n) is 17.3. The number of nitrogens with two attached hydrogens (primary N) is 1. The van der Waals surface area contributed by atoms with Gasteiger partial charge in [0.05, 0.1) is 28.1 Å². The summed E-state index contributed by atoms with van der Waals surface area (Å²) in [7, 11) is 0. The number of benzene rings is 2. The van der Waals surface area contributed by atoms with Crippen molar-refractivity contribution in [2.75, 3.05) is 18.8 Å². The highest BCUT2D eigenvalue weighted by Gasteiger charge is 2.39. The van der Waals surface area contributed by atoms with Crippen LogP contribution in [0.5, 0.6) is 0 Å². The van der Waals surface area contributed by atoms with E-state index in [1.165, 1.54) is 12.1 Å². The Labute approximate surface area is 204 Å². The lowest BCUT2D eigenvalue weighted by Gasteiger charge is -2.18. The number of hydrogen-bond donors (Lipinski definition) is 3. The van der Waals surface area contributed by atoms with Gasteiger partial charge in [0.2, 0.25) is 5.91 Å². The van der Waals surface area contributed by atoms with Gasteiger partial charge in [0.15, 0.2) is 5.82 Å². The van der Waals surface area contributed by atoms with Crippen LogP contribution in [0.1, 0.15) is 27.4 Å². The van der Waals surface area contributed by atoms with E-state index in [4.69, 9.17) is 28.9 Å². The molecule has 0 radical (unpaired) electrons. The number of hydrogen-bond acceptors (Lipinski definition) is 3. The first-order valence-electron chi connectivity index (χ1n) is 9.49. The fourth-order valence-electron chi connectivity index (χ4n) is 2.78. The van der Waals surface area contributed by atoms with Crippen LogP contribution < -0.4 is 16.4 Å². The minimum absolute atomic E-state index is 0.157. The number of rotatable bonds is 7. The topological polar surface area (TPSA) is 84.2 Å². The molecule has 14 heteroatoms. The van der Waals surface area contributed by atoms with Crippen LogP contribution in [0, 0.1) is 5.82 Å².